The van der Waals surface area contributed by atoms with Gasteiger partial charge in [-0.2, -0.15) is 0 Å². The number of hydrogen-bond acceptors (Lipinski definition) is 2. The van der Waals surface area contributed by atoms with Gasteiger partial charge in [0.15, 0.2) is 0 Å². The molecule has 3 aromatic rings. The van der Waals surface area contributed by atoms with Crippen molar-refractivity contribution < 1.29 is 0 Å². The zero-order chi connectivity index (χ0) is 14.8. The summed E-state index contributed by atoms with van der Waals surface area (Å²) in [4.78, 5) is 17.6. The highest BCUT2D eigenvalue weighted by Gasteiger charge is 2.17. The normalized spacial score (nSPS) is 12.5. The number of aromatic nitrogens is 2. The maximum absolute atomic E-state index is 12.9. The molecular formula is C17H15BrN2O. The zero-order valence-electron chi connectivity index (χ0n) is 11.7. The first kappa shape index (κ1) is 14.0. The fourth-order valence-corrected chi connectivity index (χ4v) is 2.68. The molecule has 0 fully saturated rings. The molecule has 0 saturated heterocycles. The molecule has 0 unspecified atom stereocenters. The first-order chi connectivity index (χ1) is 10.2. The van der Waals surface area contributed by atoms with Crippen LogP contribution in [0.4, 0.5) is 0 Å². The van der Waals surface area contributed by atoms with Gasteiger partial charge in [-0.3, -0.25) is 9.36 Å². The fraction of sp³-hybridized carbons (Fsp3) is 0.176. The van der Waals surface area contributed by atoms with Gasteiger partial charge in [-0.25, -0.2) is 4.98 Å². The van der Waals surface area contributed by atoms with E-state index in [9.17, 15) is 4.79 Å². The second kappa shape index (κ2) is 5.82. The first-order valence-electron chi connectivity index (χ1n) is 6.93. The highest BCUT2D eigenvalue weighted by atomic mass is 79.9. The summed E-state index contributed by atoms with van der Waals surface area (Å²) in [6.07, 6.45) is 0.859. The van der Waals surface area contributed by atoms with Gasteiger partial charge in [0, 0.05) is 0 Å². The summed E-state index contributed by atoms with van der Waals surface area (Å²) in [5.74, 6) is 0.743. The molecule has 4 heteroatoms. The first-order valence-corrected chi connectivity index (χ1v) is 7.85. The molecule has 0 spiro atoms. The lowest BCUT2D eigenvalue weighted by atomic mass is 10.2. The van der Waals surface area contributed by atoms with E-state index in [0.29, 0.717) is 5.39 Å². The van der Waals surface area contributed by atoms with Crippen LogP contribution in [0.3, 0.4) is 0 Å². The third kappa shape index (κ3) is 2.51. The summed E-state index contributed by atoms with van der Waals surface area (Å²) in [5, 5.41) is 0.640. The van der Waals surface area contributed by atoms with Crippen LogP contribution in [0.25, 0.3) is 16.6 Å². The highest BCUT2D eigenvalue weighted by Crippen LogP contribution is 2.26. The summed E-state index contributed by atoms with van der Waals surface area (Å²) in [7, 11) is 0. The van der Waals surface area contributed by atoms with E-state index in [1.54, 1.807) is 4.57 Å². The SMILES string of the molecule is CC[C@@H](Br)c1nc2ccccc2c(=O)n1-c1ccccc1. The molecule has 0 amide bonds. The maximum atomic E-state index is 12.9. The van der Waals surface area contributed by atoms with Crippen molar-refractivity contribution in [3.63, 3.8) is 0 Å². The molecule has 1 heterocycles. The Kier molecular flexibility index (Phi) is 3.88. The Morgan fingerprint density at radius 1 is 1.10 bits per heavy atom. The Labute approximate surface area is 131 Å². The Hall–Kier alpha value is -1.94. The minimum atomic E-state index is -0.0281. The number of fused-ring (bicyclic) bond motifs is 1. The Morgan fingerprint density at radius 3 is 2.48 bits per heavy atom. The molecule has 2 aromatic carbocycles. The van der Waals surface area contributed by atoms with Crippen molar-refractivity contribution in [2.75, 3.05) is 0 Å². The maximum Gasteiger partial charge on any atom is 0.265 e. The molecule has 1 aromatic heterocycles. The van der Waals surface area contributed by atoms with Gasteiger partial charge < -0.3 is 0 Å². The second-order valence-electron chi connectivity index (χ2n) is 4.84. The van der Waals surface area contributed by atoms with Crippen LogP contribution >= 0.6 is 15.9 Å². The van der Waals surface area contributed by atoms with Gasteiger partial charge in [0.05, 0.1) is 21.4 Å². The third-order valence-corrected chi connectivity index (χ3v) is 4.51. The summed E-state index contributed by atoms with van der Waals surface area (Å²) >= 11 is 3.63. The average molecular weight is 343 g/mol. The van der Waals surface area contributed by atoms with E-state index in [2.05, 4.69) is 22.9 Å². The van der Waals surface area contributed by atoms with Crippen molar-refractivity contribution in [1.82, 2.24) is 9.55 Å². The minimum absolute atomic E-state index is 0.0281. The molecule has 3 nitrogen and oxygen atoms in total. The molecule has 0 aliphatic heterocycles. The number of hydrogen-bond donors (Lipinski definition) is 0. The molecule has 21 heavy (non-hydrogen) atoms. The molecule has 0 N–H and O–H groups in total. The summed E-state index contributed by atoms with van der Waals surface area (Å²) in [5.41, 5.74) is 1.55. The minimum Gasteiger partial charge on any atom is -0.268 e. The zero-order valence-corrected chi connectivity index (χ0v) is 13.2. The van der Waals surface area contributed by atoms with E-state index in [0.717, 1.165) is 23.4 Å². The molecule has 0 saturated carbocycles. The number of rotatable bonds is 3. The number of halogens is 1. The molecule has 0 aliphatic carbocycles. The predicted octanol–water partition coefficient (Wildman–Crippen LogP) is 4.23. The van der Waals surface area contributed by atoms with Gasteiger partial charge in [-0.05, 0) is 30.7 Å². The molecule has 3 rings (SSSR count). The van der Waals surface area contributed by atoms with Gasteiger partial charge in [0.25, 0.3) is 5.56 Å². The van der Waals surface area contributed by atoms with Crippen LogP contribution in [0.15, 0.2) is 59.4 Å². The number of nitrogens with zero attached hydrogens (tertiary/aromatic N) is 2. The number of alkyl halides is 1. The molecule has 1 atom stereocenters. The Balaban J connectivity index is 2.40. The molecule has 106 valence electrons. The predicted molar refractivity (Wildman–Crippen MR) is 89.3 cm³/mol. The molecule has 0 bridgehead atoms. The standard InChI is InChI=1S/C17H15BrN2O/c1-2-14(18)16-19-15-11-7-6-10-13(15)17(21)20(16)12-8-4-3-5-9-12/h3-11,14H,2H2,1H3/t14-/m1/s1. The quantitative estimate of drug-likeness (QED) is 0.667. The lowest BCUT2D eigenvalue weighted by Crippen LogP contribution is -2.24. The lowest BCUT2D eigenvalue weighted by molar-refractivity contribution is 0.768. The summed E-state index contributed by atoms with van der Waals surface area (Å²) in [6, 6.07) is 17.1. The Morgan fingerprint density at radius 2 is 1.76 bits per heavy atom. The van der Waals surface area contributed by atoms with Crippen LogP contribution in [0.5, 0.6) is 0 Å². The van der Waals surface area contributed by atoms with E-state index in [1.807, 2.05) is 54.6 Å². The largest absolute Gasteiger partial charge is 0.268 e. The lowest BCUT2D eigenvalue weighted by Gasteiger charge is -2.16. The van der Waals surface area contributed by atoms with Crippen LogP contribution in [-0.4, -0.2) is 9.55 Å². The van der Waals surface area contributed by atoms with Crippen molar-refractivity contribution >= 4 is 26.8 Å². The topological polar surface area (TPSA) is 34.9 Å². The van der Waals surface area contributed by atoms with Crippen molar-refractivity contribution in [3.05, 3.63) is 70.8 Å². The smallest absolute Gasteiger partial charge is 0.265 e. The molecule has 0 radical (unpaired) electrons. The van der Waals surface area contributed by atoms with E-state index < -0.39 is 0 Å². The third-order valence-electron chi connectivity index (χ3n) is 3.45. The van der Waals surface area contributed by atoms with E-state index in [-0.39, 0.29) is 10.4 Å². The van der Waals surface area contributed by atoms with Gasteiger partial charge in [-0.15, -0.1) is 0 Å². The Bertz CT molecular complexity index is 827. The van der Waals surface area contributed by atoms with Crippen molar-refractivity contribution in [2.24, 2.45) is 0 Å². The summed E-state index contributed by atoms with van der Waals surface area (Å²) in [6.45, 7) is 2.07. The van der Waals surface area contributed by atoms with Crippen LogP contribution in [0.2, 0.25) is 0 Å². The average Bonchev–Trinajstić information content (AvgIpc) is 2.55. The van der Waals surface area contributed by atoms with Crippen LogP contribution in [0, 0.1) is 0 Å². The monoisotopic (exact) mass is 342 g/mol. The number of para-hydroxylation sites is 2. The fourth-order valence-electron chi connectivity index (χ4n) is 2.37. The van der Waals surface area contributed by atoms with Crippen LogP contribution in [-0.2, 0) is 0 Å². The highest BCUT2D eigenvalue weighted by molar-refractivity contribution is 9.09. The van der Waals surface area contributed by atoms with E-state index in [4.69, 9.17) is 4.98 Å². The van der Waals surface area contributed by atoms with E-state index in [1.165, 1.54) is 0 Å². The van der Waals surface area contributed by atoms with Crippen molar-refractivity contribution in [3.8, 4) is 5.69 Å². The van der Waals surface area contributed by atoms with Gasteiger partial charge in [-0.1, -0.05) is 53.2 Å². The second-order valence-corrected chi connectivity index (χ2v) is 5.94. The number of benzene rings is 2. The summed E-state index contributed by atoms with van der Waals surface area (Å²) < 4.78 is 1.70. The molecule has 0 aliphatic rings. The van der Waals surface area contributed by atoms with Gasteiger partial charge >= 0.3 is 0 Å². The van der Waals surface area contributed by atoms with Crippen LogP contribution < -0.4 is 5.56 Å². The van der Waals surface area contributed by atoms with Crippen molar-refractivity contribution in [2.45, 2.75) is 18.2 Å². The molecular weight excluding hydrogens is 328 g/mol. The van der Waals surface area contributed by atoms with Crippen molar-refractivity contribution in [1.29, 1.82) is 0 Å². The van der Waals surface area contributed by atoms with Crippen LogP contribution in [0.1, 0.15) is 24.0 Å². The van der Waals surface area contributed by atoms with E-state index >= 15 is 0 Å². The van der Waals surface area contributed by atoms with Gasteiger partial charge in [0.2, 0.25) is 0 Å². The van der Waals surface area contributed by atoms with Gasteiger partial charge in [0.1, 0.15) is 5.82 Å².